The maximum atomic E-state index is 12.7. The molecule has 1 saturated carbocycles. The van der Waals surface area contributed by atoms with E-state index in [2.05, 4.69) is 0 Å². The van der Waals surface area contributed by atoms with Crippen molar-refractivity contribution in [3.63, 3.8) is 0 Å². The number of rotatable bonds is 6. The summed E-state index contributed by atoms with van der Waals surface area (Å²) >= 11 is 0. The molecule has 1 aromatic carbocycles. The highest BCUT2D eigenvalue weighted by Crippen LogP contribution is 2.33. The molecule has 2 amide bonds. The molecule has 1 aliphatic heterocycles. The number of carbonyl (C=O) groups is 2. The van der Waals surface area contributed by atoms with Crippen LogP contribution in [-0.4, -0.2) is 41.3 Å². The predicted molar refractivity (Wildman–Crippen MR) is 84.7 cm³/mol. The summed E-state index contributed by atoms with van der Waals surface area (Å²) in [6.07, 6.45) is 4.09. The Balaban J connectivity index is 1.69. The highest BCUT2D eigenvalue weighted by molar-refractivity contribution is 5.94. The largest absolute Gasteiger partial charge is 0.447 e. The molecule has 1 saturated heterocycles. The normalized spacial score (nSPS) is 22.6. The van der Waals surface area contributed by atoms with Crippen molar-refractivity contribution in [1.82, 2.24) is 4.90 Å². The van der Waals surface area contributed by atoms with Gasteiger partial charge in [-0.15, -0.1) is 0 Å². The number of hydrogen-bond donors (Lipinski definition) is 1. The van der Waals surface area contributed by atoms with Crippen LogP contribution in [0.15, 0.2) is 30.3 Å². The van der Waals surface area contributed by atoms with Gasteiger partial charge in [-0.25, -0.2) is 9.69 Å². The molecule has 2 aliphatic rings. The number of aliphatic hydroxyl groups is 1. The maximum Gasteiger partial charge on any atom is 0.416 e. The molecule has 0 spiro atoms. The van der Waals surface area contributed by atoms with Crippen molar-refractivity contribution in [3.05, 3.63) is 35.9 Å². The standard InChI is InChI=1S/C18H23NO4/c20-11-15(9-13-7-4-8-13)17(21)19-16(12-23-18(19)22)10-14-5-2-1-3-6-14/h1-3,5-6,13,15-16,20H,4,7-12H2/t15-,16+/m0/s1. The zero-order valence-electron chi connectivity index (χ0n) is 13.2. The van der Waals surface area contributed by atoms with Gasteiger partial charge in [0.15, 0.2) is 0 Å². The molecule has 5 heteroatoms. The number of imide groups is 1. The quantitative estimate of drug-likeness (QED) is 0.875. The summed E-state index contributed by atoms with van der Waals surface area (Å²) in [5, 5.41) is 9.59. The number of nitrogens with zero attached hydrogens (tertiary/aromatic N) is 1. The Kier molecular flexibility index (Phi) is 4.96. The van der Waals surface area contributed by atoms with Gasteiger partial charge in [-0.05, 0) is 24.3 Å². The zero-order chi connectivity index (χ0) is 16.2. The number of carbonyl (C=O) groups excluding carboxylic acids is 2. The number of aliphatic hydroxyl groups excluding tert-OH is 1. The van der Waals surface area contributed by atoms with Gasteiger partial charge in [-0.3, -0.25) is 4.79 Å². The van der Waals surface area contributed by atoms with Crippen LogP contribution >= 0.6 is 0 Å². The fourth-order valence-electron chi connectivity index (χ4n) is 3.35. The average Bonchev–Trinajstić information content (AvgIpc) is 2.87. The van der Waals surface area contributed by atoms with E-state index in [1.54, 1.807) is 0 Å². The van der Waals surface area contributed by atoms with Crippen LogP contribution in [0.25, 0.3) is 0 Å². The van der Waals surface area contributed by atoms with Crippen LogP contribution in [0.1, 0.15) is 31.2 Å². The molecule has 124 valence electrons. The van der Waals surface area contributed by atoms with Crippen LogP contribution < -0.4 is 0 Å². The SMILES string of the molecule is O=C1OC[C@@H](Cc2ccccc2)N1C(=O)[C@H](CO)CC1CCC1. The van der Waals surface area contributed by atoms with Crippen molar-refractivity contribution in [3.8, 4) is 0 Å². The van der Waals surface area contributed by atoms with Gasteiger partial charge in [0.2, 0.25) is 5.91 Å². The lowest BCUT2D eigenvalue weighted by molar-refractivity contribution is -0.135. The van der Waals surface area contributed by atoms with E-state index in [0.29, 0.717) is 18.8 Å². The summed E-state index contributed by atoms with van der Waals surface area (Å²) in [5.41, 5.74) is 1.06. The Morgan fingerprint density at radius 2 is 2.04 bits per heavy atom. The van der Waals surface area contributed by atoms with Crippen molar-refractivity contribution >= 4 is 12.0 Å². The number of amides is 2. The first-order valence-electron chi connectivity index (χ1n) is 8.33. The monoisotopic (exact) mass is 317 g/mol. The fraction of sp³-hybridized carbons (Fsp3) is 0.556. The van der Waals surface area contributed by atoms with Crippen LogP contribution in [0.2, 0.25) is 0 Å². The molecular formula is C18H23NO4. The Labute approximate surface area is 136 Å². The van der Waals surface area contributed by atoms with E-state index in [1.807, 2.05) is 30.3 Å². The van der Waals surface area contributed by atoms with Crippen molar-refractivity contribution < 1.29 is 19.4 Å². The molecular weight excluding hydrogens is 294 g/mol. The number of ether oxygens (including phenoxy) is 1. The molecule has 5 nitrogen and oxygen atoms in total. The summed E-state index contributed by atoms with van der Waals surface area (Å²) in [6.45, 7) is 0.0121. The van der Waals surface area contributed by atoms with E-state index in [-0.39, 0.29) is 25.2 Å². The first kappa shape index (κ1) is 16.0. The molecule has 0 bridgehead atoms. The van der Waals surface area contributed by atoms with Gasteiger partial charge in [-0.1, -0.05) is 49.6 Å². The summed E-state index contributed by atoms with van der Waals surface area (Å²) in [5.74, 6) is -0.283. The molecule has 0 unspecified atom stereocenters. The first-order valence-corrected chi connectivity index (χ1v) is 8.33. The number of hydrogen-bond acceptors (Lipinski definition) is 4. The summed E-state index contributed by atoms with van der Waals surface area (Å²) in [7, 11) is 0. The average molecular weight is 317 g/mol. The van der Waals surface area contributed by atoms with Gasteiger partial charge in [0.1, 0.15) is 6.61 Å². The van der Waals surface area contributed by atoms with E-state index in [0.717, 1.165) is 18.4 Å². The second kappa shape index (κ2) is 7.13. The highest BCUT2D eigenvalue weighted by atomic mass is 16.6. The van der Waals surface area contributed by atoms with Gasteiger partial charge >= 0.3 is 6.09 Å². The highest BCUT2D eigenvalue weighted by Gasteiger charge is 2.41. The minimum absolute atomic E-state index is 0.211. The van der Waals surface area contributed by atoms with Crippen LogP contribution in [0.3, 0.4) is 0 Å². The molecule has 1 aliphatic carbocycles. The molecule has 1 heterocycles. The Morgan fingerprint density at radius 1 is 1.30 bits per heavy atom. The molecule has 2 atom stereocenters. The van der Waals surface area contributed by atoms with Crippen LogP contribution in [0.5, 0.6) is 0 Å². The second-order valence-electron chi connectivity index (χ2n) is 6.54. The third-order valence-electron chi connectivity index (χ3n) is 4.92. The smallest absolute Gasteiger partial charge is 0.416 e. The molecule has 3 rings (SSSR count). The van der Waals surface area contributed by atoms with Gasteiger partial charge in [0, 0.05) is 0 Å². The lowest BCUT2D eigenvalue weighted by Crippen LogP contribution is -2.45. The molecule has 1 aromatic rings. The van der Waals surface area contributed by atoms with Crippen LogP contribution in [0, 0.1) is 11.8 Å². The number of cyclic esters (lactones) is 1. The van der Waals surface area contributed by atoms with E-state index >= 15 is 0 Å². The minimum Gasteiger partial charge on any atom is -0.447 e. The zero-order valence-corrected chi connectivity index (χ0v) is 13.2. The van der Waals surface area contributed by atoms with Crippen molar-refractivity contribution in [1.29, 1.82) is 0 Å². The fourth-order valence-corrected chi connectivity index (χ4v) is 3.35. The predicted octanol–water partition coefficient (Wildman–Crippen LogP) is 2.38. The first-order chi connectivity index (χ1) is 11.2. The Hall–Kier alpha value is -1.88. The van der Waals surface area contributed by atoms with Gasteiger partial charge < -0.3 is 9.84 Å². The van der Waals surface area contributed by atoms with Crippen molar-refractivity contribution in [2.75, 3.05) is 13.2 Å². The van der Waals surface area contributed by atoms with E-state index < -0.39 is 12.0 Å². The van der Waals surface area contributed by atoms with Crippen LogP contribution in [0.4, 0.5) is 4.79 Å². The summed E-state index contributed by atoms with van der Waals surface area (Å²) < 4.78 is 5.10. The van der Waals surface area contributed by atoms with Crippen LogP contribution in [-0.2, 0) is 16.0 Å². The molecule has 23 heavy (non-hydrogen) atoms. The molecule has 1 N–H and O–H groups in total. The lowest BCUT2D eigenvalue weighted by Gasteiger charge is -2.30. The van der Waals surface area contributed by atoms with Gasteiger partial charge in [0.25, 0.3) is 0 Å². The topological polar surface area (TPSA) is 66.8 Å². The Morgan fingerprint density at radius 3 is 2.65 bits per heavy atom. The van der Waals surface area contributed by atoms with E-state index in [4.69, 9.17) is 4.74 Å². The minimum atomic E-state index is -0.581. The lowest BCUT2D eigenvalue weighted by atomic mass is 9.79. The Bertz CT molecular complexity index is 555. The van der Waals surface area contributed by atoms with Crippen molar-refractivity contribution in [2.24, 2.45) is 11.8 Å². The molecule has 0 radical (unpaired) electrons. The summed E-state index contributed by atoms with van der Waals surface area (Å²) in [6, 6.07) is 9.47. The van der Waals surface area contributed by atoms with E-state index in [9.17, 15) is 14.7 Å². The molecule has 0 aromatic heterocycles. The third-order valence-corrected chi connectivity index (χ3v) is 4.92. The second-order valence-corrected chi connectivity index (χ2v) is 6.54. The van der Waals surface area contributed by atoms with E-state index in [1.165, 1.54) is 11.3 Å². The summed E-state index contributed by atoms with van der Waals surface area (Å²) in [4.78, 5) is 26.0. The maximum absolute atomic E-state index is 12.7. The van der Waals surface area contributed by atoms with Gasteiger partial charge in [-0.2, -0.15) is 0 Å². The van der Waals surface area contributed by atoms with Crippen molar-refractivity contribution in [2.45, 2.75) is 38.1 Å². The van der Waals surface area contributed by atoms with Gasteiger partial charge in [0.05, 0.1) is 18.6 Å². The number of benzene rings is 1. The third kappa shape index (κ3) is 3.55. The molecule has 2 fully saturated rings.